The standard InChI is InChI=1S/C19H20ClNO3/c1-13(15-5-4-6-16(20)11-15)21-19(22)8-7-14-9-17(23-2)12-18(10-14)24-3/h4-13H,1-3H3,(H,21,22)/b8-7+/t13-/m0/s1. The molecule has 5 heteroatoms. The molecule has 1 atom stereocenters. The summed E-state index contributed by atoms with van der Waals surface area (Å²) in [6.07, 6.45) is 3.19. The topological polar surface area (TPSA) is 47.6 Å². The van der Waals surface area contributed by atoms with Gasteiger partial charge in [-0.3, -0.25) is 4.79 Å². The summed E-state index contributed by atoms with van der Waals surface area (Å²) in [4.78, 5) is 12.1. The van der Waals surface area contributed by atoms with Crippen LogP contribution in [0.1, 0.15) is 24.1 Å². The smallest absolute Gasteiger partial charge is 0.244 e. The molecular weight excluding hydrogens is 326 g/mol. The van der Waals surface area contributed by atoms with E-state index in [0.29, 0.717) is 16.5 Å². The van der Waals surface area contributed by atoms with Gasteiger partial charge in [0.2, 0.25) is 5.91 Å². The molecule has 2 aromatic rings. The highest BCUT2D eigenvalue weighted by molar-refractivity contribution is 6.30. The van der Waals surface area contributed by atoms with Crippen LogP contribution in [0.5, 0.6) is 11.5 Å². The van der Waals surface area contributed by atoms with Crippen molar-refractivity contribution >= 4 is 23.6 Å². The fourth-order valence-corrected chi connectivity index (χ4v) is 2.42. The van der Waals surface area contributed by atoms with Gasteiger partial charge in [-0.25, -0.2) is 0 Å². The molecule has 2 aromatic carbocycles. The van der Waals surface area contributed by atoms with Crippen LogP contribution < -0.4 is 14.8 Å². The van der Waals surface area contributed by atoms with Crippen LogP contribution in [0.3, 0.4) is 0 Å². The molecule has 0 aliphatic heterocycles. The number of halogens is 1. The van der Waals surface area contributed by atoms with Crippen molar-refractivity contribution in [2.75, 3.05) is 14.2 Å². The number of hydrogen-bond donors (Lipinski definition) is 1. The fraction of sp³-hybridized carbons (Fsp3) is 0.211. The summed E-state index contributed by atoms with van der Waals surface area (Å²) in [5.74, 6) is 1.15. The number of amides is 1. The zero-order valence-corrected chi connectivity index (χ0v) is 14.6. The summed E-state index contributed by atoms with van der Waals surface area (Å²) in [6.45, 7) is 1.91. The van der Waals surface area contributed by atoms with Gasteiger partial charge >= 0.3 is 0 Å². The Morgan fingerprint density at radius 3 is 2.38 bits per heavy atom. The van der Waals surface area contributed by atoms with Gasteiger partial charge in [0.15, 0.2) is 0 Å². The normalized spacial score (nSPS) is 12.0. The van der Waals surface area contributed by atoms with Gasteiger partial charge in [0.25, 0.3) is 0 Å². The summed E-state index contributed by atoms with van der Waals surface area (Å²) < 4.78 is 10.4. The molecule has 0 radical (unpaired) electrons. The lowest BCUT2D eigenvalue weighted by Crippen LogP contribution is -2.24. The maximum absolute atomic E-state index is 12.1. The minimum absolute atomic E-state index is 0.138. The minimum Gasteiger partial charge on any atom is -0.497 e. The number of rotatable bonds is 6. The SMILES string of the molecule is COc1cc(/C=C/C(=O)N[C@@H](C)c2cccc(Cl)c2)cc(OC)c1. The second-order valence-electron chi connectivity index (χ2n) is 5.26. The van der Waals surface area contributed by atoms with Gasteiger partial charge < -0.3 is 14.8 Å². The molecule has 24 heavy (non-hydrogen) atoms. The van der Waals surface area contributed by atoms with Gasteiger partial charge in [-0.1, -0.05) is 23.7 Å². The zero-order valence-electron chi connectivity index (χ0n) is 13.9. The molecule has 1 amide bonds. The maximum atomic E-state index is 12.1. The molecule has 0 aliphatic rings. The molecular formula is C19H20ClNO3. The first-order valence-corrected chi connectivity index (χ1v) is 7.86. The van der Waals surface area contributed by atoms with E-state index in [9.17, 15) is 4.79 Å². The molecule has 1 N–H and O–H groups in total. The van der Waals surface area contributed by atoms with Crippen LogP contribution in [-0.2, 0) is 4.79 Å². The van der Waals surface area contributed by atoms with Crippen LogP contribution in [0.25, 0.3) is 6.08 Å². The lowest BCUT2D eigenvalue weighted by atomic mass is 10.1. The first kappa shape index (κ1) is 17.9. The third kappa shape index (κ3) is 5.03. The largest absolute Gasteiger partial charge is 0.497 e. The van der Waals surface area contributed by atoms with Gasteiger partial charge in [-0.2, -0.15) is 0 Å². The number of carbonyl (C=O) groups excluding carboxylic acids is 1. The summed E-state index contributed by atoms with van der Waals surface area (Å²) >= 11 is 5.97. The molecule has 0 saturated carbocycles. The van der Waals surface area contributed by atoms with Crippen molar-refractivity contribution in [1.29, 1.82) is 0 Å². The van der Waals surface area contributed by atoms with Crippen molar-refractivity contribution in [1.82, 2.24) is 5.32 Å². The van der Waals surface area contributed by atoms with Crippen LogP contribution in [-0.4, -0.2) is 20.1 Å². The van der Waals surface area contributed by atoms with Crippen LogP contribution in [0.2, 0.25) is 5.02 Å². The summed E-state index contributed by atoms with van der Waals surface area (Å²) in [5.41, 5.74) is 1.77. The van der Waals surface area contributed by atoms with E-state index in [2.05, 4.69) is 5.32 Å². The van der Waals surface area contributed by atoms with Crippen LogP contribution in [0.15, 0.2) is 48.5 Å². The number of carbonyl (C=O) groups is 1. The van der Waals surface area contributed by atoms with Crippen molar-refractivity contribution in [3.8, 4) is 11.5 Å². The second-order valence-corrected chi connectivity index (χ2v) is 5.70. The maximum Gasteiger partial charge on any atom is 0.244 e. The van der Waals surface area contributed by atoms with Crippen molar-refractivity contribution in [3.05, 3.63) is 64.7 Å². The Labute approximate surface area is 147 Å². The fourth-order valence-electron chi connectivity index (χ4n) is 2.22. The Bertz CT molecular complexity index is 721. The number of nitrogens with one attached hydrogen (secondary N) is 1. The van der Waals surface area contributed by atoms with Crippen molar-refractivity contribution in [2.24, 2.45) is 0 Å². The number of ether oxygens (including phenoxy) is 2. The molecule has 0 aliphatic carbocycles. The Balaban J connectivity index is 2.05. The third-order valence-electron chi connectivity index (χ3n) is 3.51. The van der Waals surface area contributed by atoms with Gasteiger partial charge in [0.1, 0.15) is 11.5 Å². The van der Waals surface area contributed by atoms with Crippen molar-refractivity contribution in [3.63, 3.8) is 0 Å². The molecule has 0 fully saturated rings. The Morgan fingerprint density at radius 1 is 1.12 bits per heavy atom. The monoisotopic (exact) mass is 345 g/mol. The molecule has 0 aromatic heterocycles. The molecule has 2 rings (SSSR count). The van der Waals surface area contributed by atoms with E-state index in [4.69, 9.17) is 21.1 Å². The molecule has 126 valence electrons. The first-order chi connectivity index (χ1) is 11.5. The Kier molecular flexibility index (Phi) is 6.27. The van der Waals surface area contributed by atoms with Crippen molar-refractivity contribution < 1.29 is 14.3 Å². The van der Waals surface area contributed by atoms with E-state index in [-0.39, 0.29) is 11.9 Å². The predicted molar refractivity (Wildman–Crippen MR) is 96.6 cm³/mol. The molecule has 0 heterocycles. The van der Waals surface area contributed by atoms with Crippen LogP contribution in [0, 0.1) is 0 Å². The summed E-state index contributed by atoms with van der Waals surface area (Å²) in [5, 5.41) is 3.55. The number of methoxy groups -OCH3 is 2. The quantitative estimate of drug-likeness (QED) is 0.796. The number of benzene rings is 2. The average Bonchev–Trinajstić information content (AvgIpc) is 2.59. The molecule has 4 nitrogen and oxygen atoms in total. The van der Waals surface area contributed by atoms with E-state index in [1.807, 2.05) is 37.3 Å². The predicted octanol–water partition coefficient (Wildman–Crippen LogP) is 4.25. The molecule has 0 unspecified atom stereocenters. The van der Waals surface area contributed by atoms with E-state index in [1.165, 1.54) is 6.08 Å². The summed E-state index contributed by atoms with van der Waals surface area (Å²) in [7, 11) is 3.17. The third-order valence-corrected chi connectivity index (χ3v) is 3.74. The molecule has 0 spiro atoms. The lowest BCUT2D eigenvalue weighted by molar-refractivity contribution is -0.117. The van der Waals surface area contributed by atoms with E-state index in [1.54, 1.807) is 32.4 Å². The van der Waals surface area contributed by atoms with E-state index in [0.717, 1.165) is 11.1 Å². The first-order valence-electron chi connectivity index (χ1n) is 7.49. The van der Waals surface area contributed by atoms with Gasteiger partial charge in [-0.05, 0) is 48.4 Å². The van der Waals surface area contributed by atoms with E-state index >= 15 is 0 Å². The van der Waals surface area contributed by atoms with Crippen LogP contribution in [0.4, 0.5) is 0 Å². The highest BCUT2D eigenvalue weighted by Crippen LogP contribution is 2.23. The van der Waals surface area contributed by atoms with Gasteiger partial charge in [0.05, 0.1) is 20.3 Å². The minimum atomic E-state index is -0.190. The highest BCUT2D eigenvalue weighted by atomic mass is 35.5. The van der Waals surface area contributed by atoms with E-state index < -0.39 is 0 Å². The molecule has 0 bridgehead atoms. The summed E-state index contributed by atoms with van der Waals surface area (Å²) in [6, 6.07) is 12.7. The zero-order chi connectivity index (χ0) is 17.5. The van der Waals surface area contributed by atoms with Crippen LogP contribution >= 0.6 is 11.6 Å². The van der Waals surface area contributed by atoms with Gasteiger partial charge in [0, 0.05) is 17.2 Å². The Hall–Kier alpha value is -2.46. The molecule has 0 saturated heterocycles. The number of hydrogen-bond acceptors (Lipinski definition) is 3. The highest BCUT2D eigenvalue weighted by Gasteiger charge is 2.08. The lowest BCUT2D eigenvalue weighted by Gasteiger charge is -2.13. The Morgan fingerprint density at radius 2 is 1.79 bits per heavy atom. The van der Waals surface area contributed by atoms with Gasteiger partial charge in [-0.15, -0.1) is 0 Å². The average molecular weight is 346 g/mol. The second kappa shape index (κ2) is 8.41. The van der Waals surface area contributed by atoms with Crippen molar-refractivity contribution in [2.45, 2.75) is 13.0 Å².